The smallest absolute Gasteiger partial charge is 0.261 e. The molecule has 4 nitrogen and oxygen atoms in total. The molecule has 1 aromatic rings. The maximum Gasteiger partial charge on any atom is 0.261 e. The van der Waals surface area contributed by atoms with Crippen LogP contribution in [0.15, 0.2) is 30.9 Å². The molecule has 0 heterocycles. The third-order valence-corrected chi connectivity index (χ3v) is 3.23. The highest BCUT2D eigenvalue weighted by Gasteiger charge is 2.15. The van der Waals surface area contributed by atoms with E-state index in [1.54, 1.807) is 13.0 Å². The van der Waals surface area contributed by atoms with Crippen molar-refractivity contribution >= 4 is 5.91 Å². The van der Waals surface area contributed by atoms with Crippen LogP contribution in [0.2, 0.25) is 0 Å². The third kappa shape index (κ3) is 4.38. The molecule has 0 bridgehead atoms. The summed E-state index contributed by atoms with van der Waals surface area (Å²) in [6.07, 6.45) is 1.12. The standard InChI is InChI=1S/C16H24N2O2/c1-6-9-18-16(19)13(4)20-15-8-7-14(10-11(15)2)12(3)17-5/h6-8,10,12-13,17H,1,9H2,2-5H3,(H,18,19). The molecule has 1 amide bonds. The molecule has 0 spiro atoms. The predicted octanol–water partition coefficient (Wildman–Crippen LogP) is 2.34. The van der Waals surface area contributed by atoms with Gasteiger partial charge < -0.3 is 15.4 Å². The SMILES string of the molecule is C=CCNC(=O)C(C)Oc1ccc(C(C)NC)cc1C. The van der Waals surface area contributed by atoms with Crippen molar-refractivity contribution in [1.82, 2.24) is 10.6 Å². The van der Waals surface area contributed by atoms with Crippen LogP contribution in [0.3, 0.4) is 0 Å². The number of hydrogen-bond donors (Lipinski definition) is 2. The number of carbonyl (C=O) groups is 1. The summed E-state index contributed by atoms with van der Waals surface area (Å²) in [6.45, 7) is 9.83. The van der Waals surface area contributed by atoms with Crippen molar-refractivity contribution in [2.24, 2.45) is 0 Å². The molecule has 0 fully saturated rings. The van der Waals surface area contributed by atoms with Crippen molar-refractivity contribution in [2.45, 2.75) is 32.9 Å². The van der Waals surface area contributed by atoms with E-state index in [4.69, 9.17) is 4.74 Å². The van der Waals surface area contributed by atoms with Gasteiger partial charge in [0.15, 0.2) is 6.10 Å². The molecule has 0 radical (unpaired) electrons. The van der Waals surface area contributed by atoms with Crippen molar-refractivity contribution < 1.29 is 9.53 Å². The van der Waals surface area contributed by atoms with Crippen LogP contribution in [0, 0.1) is 6.92 Å². The molecule has 2 N–H and O–H groups in total. The molecule has 1 aromatic carbocycles. The molecule has 0 aliphatic rings. The van der Waals surface area contributed by atoms with E-state index < -0.39 is 6.10 Å². The lowest BCUT2D eigenvalue weighted by molar-refractivity contribution is -0.127. The average molecular weight is 276 g/mol. The summed E-state index contributed by atoms with van der Waals surface area (Å²) in [4.78, 5) is 11.7. The maximum atomic E-state index is 11.7. The predicted molar refractivity (Wildman–Crippen MR) is 82.0 cm³/mol. The van der Waals surface area contributed by atoms with Gasteiger partial charge in [0, 0.05) is 12.6 Å². The normalized spacial score (nSPS) is 13.4. The van der Waals surface area contributed by atoms with E-state index in [1.165, 1.54) is 5.56 Å². The number of carbonyl (C=O) groups excluding carboxylic acids is 1. The molecule has 0 aliphatic heterocycles. The van der Waals surface area contributed by atoms with Crippen molar-refractivity contribution in [3.05, 3.63) is 42.0 Å². The summed E-state index contributed by atoms with van der Waals surface area (Å²) in [5.41, 5.74) is 2.22. The zero-order valence-electron chi connectivity index (χ0n) is 12.7. The first-order valence-corrected chi connectivity index (χ1v) is 6.82. The van der Waals surface area contributed by atoms with Gasteiger partial charge in [-0.25, -0.2) is 0 Å². The lowest BCUT2D eigenvalue weighted by atomic mass is 10.1. The molecule has 20 heavy (non-hydrogen) atoms. The van der Waals surface area contributed by atoms with Gasteiger partial charge in [0.05, 0.1) is 0 Å². The summed E-state index contributed by atoms with van der Waals surface area (Å²) in [7, 11) is 1.93. The van der Waals surface area contributed by atoms with Gasteiger partial charge in [-0.15, -0.1) is 6.58 Å². The highest BCUT2D eigenvalue weighted by molar-refractivity contribution is 5.80. The monoisotopic (exact) mass is 276 g/mol. The van der Waals surface area contributed by atoms with Gasteiger partial charge in [0.2, 0.25) is 0 Å². The van der Waals surface area contributed by atoms with E-state index in [9.17, 15) is 4.79 Å². The fourth-order valence-electron chi connectivity index (χ4n) is 1.80. The average Bonchev–Trinajstić information content (AvgIpc) is 2.45. The minimum Gasteiger partial charge on any atom is -0.481 e. The lowest BCUT2D eigenvalue weighted by Crippen LogP contribution is -2.36. The summed E-state index contributed by atoms with van der Waals surface area (Å²) in [5.74, 6) is 0.593. The first kappa shape index (κ1) is 16.2. The Bertz CT molecular complexity index is 472. The number of nitrogens with one attached hydrogen (secondary N) is 2. The van der Waals surface area contributed by atoms with E-state index in [0.29, 0.717) is 6.54 Å². The summed E-state index contributed by atoms with van der Waals surface area (Å²) in [6, 6.07) is 6.29. The Hall–Kier alpha value is -1.81. The quantitative estimate of drug-likeness (QED) is 0.752. The van der Waals surface area contributed by atoms with E-state index in [-0.39, 0.29) is 11.9 Å². The maximum absolute atomic E-state index is 11.7. The zero-order valence-corrected chi connectivity index (χ0v) is 12.7. The first-order valence-electron chi connectivity index (χ1n) is 6.82. The van der Waals surface area contributed by atoms with Gasteiger partial charge in [0.25, 0.3) is 5.91 Å². The van der Waals surface area contributed by atoms with Gasteiger partial charge in [-0.05, 0) is 45.0 Å². The second-order valence-corrected chi connectivity index (χ2v) is 4.83. The van der Waals surface area contributed by atoms with Gasteiger partial charge in [-0.3, -0.25) is 4.79 Å². The summed E-state index contributed by atoms with van der Waals surface area (Å²) >= 11 is 0. The number of benzene rings is 1. The molecule has 2 atom stereocenters. The number of amides is 1. The Morgan fingerprint density at radius 3 is 2.70 bits per heavy atom. The molecule has 0 aliphatic carbocycles. The Labute approximate surface area is 121 Å². The Kier molecular flexibility index (Phi) is 6.25. The van der Waals surface area contributed by atoms with E-state index in [0.717, 1.165) is 11.3 Å². The summed E-state index contributed by atoms with van der Waals surface area (Å²) < 4.78 is 5.71. The summed E-state index contributed by atoms with van der Waals surface area (Å²) in [5, 5.41) is 5.91. The number of aryl methyl sites for hydroxylation is 1. The van der Waals surface area contributed by atoms with Gasteiger partial charge >= 0.3 is 0 Å². The van der Waals surface area contributed by atoms with Crippen LogP contribution in [-0.2, 0) is 4.79 Å². The minimum atomic E-state index is -0.527. The van der Waals surface area contributed by atoms with Crippen LogP contribution in [0.5, 0.6) is 5.75 Å². The van der Waals surface area contributed by atoms with Crippen molar-refractivity contribution in [3.8, 4) is 5.75 Å². The van der Waals surface area contributed by atoms with Crippen LogP contribution in [0.4, 0.5) is 0 Å². The second kappa shape index (κ2) is 7.70. The largest absolute Gasteiger partial charge is 0.481 e. The Morgan fingerprint density at radius 1 is 1.45 bits per heavy atom. The highest BCUT2D eigenvalue weighted by atomic mass is 16.5. The topological polar surface area (TPSA) is 50.4 Å². The van der Waals surface area contributed by atoms with Crippen molar-refractivity contribution in [3.63, 3.8) is 0 Å². The van der Waals surface area contributed by atoms with E-state index in [2.05, 4.69) is 30.2 Å². The van der Waals surface area contributed by atoms with Crippen LogP contribution < -0.4 is 15.4 Å². The molecule has 110 valence electrons. The van der Waals surface area contributed by atoms with Crippen LogP contribution in [-0.4, -0.2) is 25.6 Å². The molecule has 2 unspecified atom stereocenters. The Morgan fingerprint density at radius 2 is 2.15 bits per heavy atom. The van der Waals surface area contributed by atoms with Crippen molar-refractivity contribution in [1.29, 1.82) is 0 Å². The lowest BCUT2D eigenvalue weighted by Gasteiger charge is -2.18. The van der Waals surface area contributed by atoms with Gasteiger partial charge in [-0.1, -0.05) is 18.2 Å². The van der Waals surface area contributed by atoms with Gasteiger partial charge in [-0.2, -0.15) is 0 Å². The number of ether oxygens (including phenoxy) is 1. The van der Waals surface area contributed by atoms with Crippen molar-refractivity contribution in [2.75, 3.05) is 13.6 Å². The molecule has 4 heteroatoms. The highest BCUT2D eigenvalue weighted by Crippen LogP contribution is 2.23. The van der Waals surface area contributed by atoms with E-state index in [1.807, 2.05) is 26.1 Å². The number of rotatable bonds is 7. The van der Waals surface area contributed by atoms with Crippen LogP contribution in [0.25, 0.3) is 0 Å². The third-order valence-electron chi connectivity index (χ3n) is 3.23. The zero-order chi connectivity index (χ0) is 15.1. The fraction of sp³-hybridized carbons (Fsp3) is 0.438. The molecule has 0 aromatic heterocycles. The second-order valence-electron chi connectivity index (χ2n) is 4.83. The fourth-order valence-corrected chi connectivity index (χ4v) is 1.80. The van der Waals surface area contributed by atoms with Gasteiger partial charge in [0.1, 0.15) is 5.75 Å². The molecular formula is C16H24N2O2. The Balaban J connectivity index is 2.73. The molecule has 0 saturated heterocycles. The minimum absolute atomic E-state index is 0.142. The van der Waals surface area contributed by atoms with E-state index >= 15 is 0 Å². The number of hydrogen-bond acceptors (Lipinski definition) is 3. The molecule has 1 rings (SSSR count). The molecular weight excluding hydrogens is 252 g/mol. The molecule has 0 saturated carbocycles. The van der Waals surface area contributed by atoms with Crippen LogP contribution >= 0.6 is 0 Å². The first-order chi connectivity index (χ1) is 9.49. The van der Waals surface area contributed by atoms with Crippen LogP contribution in [0.1, 0.15) is 31.0 Å².